The maximum absolute atomic E-state index is 5.95. The molecular weight excluding hydrogens is 258 g/mol. The van der Waals surface area contributed by atoms with Crippen LogP contribution in [0, 0.1) is 0 Å². The third-order valence-electron chi connectivity index (χ3n) is 3.09. The van der Waals surface area contributed by atoms with Crippen molar-refractivity contribution in [2.24, 2.45) is 0 Å². The van der Waals surface area contributed by atoms with Gasteiger partial charge >= 0.3 is 0 Å². The molecule has 0 rings (SSSR count). The second-order valence-electron chi connectivity index (χ2n) is 7.44. The second-order valence-corrected chi connectivity index (χ2v) is 22.0. The fourth-order valence-electron chi connectivity index (χ4n) is 2.52. The molecule has 0 radical (unpaired) electrons. The monoisotopic (exact) mass is 291 g/mol. The van der Waals surface area contributed by atoms with Crippen molar-refractivity contribution in [2.45, 2.75) is 65.3 Å². The van der Waals surface area contributed by atoms with Crippen LogP contribution in [-0.2, 0) is 4.43 Å². The minimum absolute atomic E-state index is 0.874. The summed E-state index contributed by atoms with van der Waals surface area (Å²) < 4.78 is 8.82. The quantitative estimate of drug-likeness (QED) is 0.652. The first kappa shape index (κ1) is 17.6. The van der Waals surface area contributed by atoms with E-state index in [0.717, 1.165) is 6.61 Å². The Morgan fingerprint density at radius 1 is 0.824 bits per heavy atom. The Kier molecular flexibility index (Phi) is 6.35. The normalized spacial score (nSPS) is 14.5. The molecule has 17 heavy (non-hydrogen) atoms. The highest BCUT2D eigenvalue weighted by Gasteiger charge is 2.35. The van der Waals surface area contributed by atoms with E-state index in [0.29, 0.717) is 0 Å². The number of hydrogen-bond acceptors (Lipinski definition) is 2. The van der Waals surface area contributed by atoms with E-state index in [1.54, 1.807) is 0 Å². The molecule has 2 nitrogen and oxygen atoms in total. The maximum Gasteiger partial charge on any atom is 0.187 e. The molecule has 0 N–H and O–H groups in total. The molecule has 0 atom stereocenters. The molecule has 0 spiro atoms. The molecular formula is C12H33NOSi3. The van der Waals surface area contributed by atoms with Gasteiger partial charge in [0.2, 0.25) is 0 Å². The van der Waals surface area contributed by atoms with Crippen LogP contribution in [0.2, 0.25) is 58.4 Å². The van der Waals surface area contributed by atoms with E-state index in [1.165, 1.54) is 12.6 Å². The number of rotatable bonds is 7. The molecule has 0 aromatic heterocycles. The van der Waals surface area contributed by atoms with Crippen LogP contribution in [0.25, 0.3) is 0 Å². The number of hydrogen-bond donors (Lipinski definition) is 0. The van der Waals surface area contributed by atoms with Gasteiger partial charge in [0.15, 0.2) is 8.32 Å². The standard InChI is InChI=1S/C12H33NOSi3/c1-10-14-17(8,9)12-11-13(15(2,3)4)16(5,6)7/h10-12H2,1-9H3. The van der Waals surface area contributed by atoms with Crippen LogP contribution in [0.3, 0.4) is 0 Å². The Morgan fingerprint density at radius 3 is 1.53 bits per heavy atom. The van der Waals surface area contributed by atoms with E-state index in [4.69, 9.17) is 4.43 Å². The summed E-state index contributed by atoms with van der Waals surface area (Å²) >= 11 is 0. The fraction of sp³-hybridized carbons (Fsp3) is 1.00. The van der Waals surface area contributed by atoms with Gasteiger partial charge in [0, 0.05) is 6.61 Å². The third kappa shape index (κ3) is 6.91. The van der Waals surface area contributed by atoms with Crippen LogP contribution in [0.15, 0.2) is 0 Å². The molecule has 0 fully saturated rings. The topological polar surface area (TPSA) is 12.5 Å². The van der Waals surface area contributed by atoms with Crippen LogP contribution in [0.5, 0.6) is 0 Å². The molecule has 0 saturated carbocycles. The maximum atomic E-state index is 5.95. The molecule has 0 aliphatic carbocycles. The third-order valence-corrected chi connectivity index (χ3v) is 13.3. The Bertz CT molecular complexity index is 217. The summed E-state index contributed by atoms with van der Waals surface area (Å²) in [7, 11) is -3.79. The second kappa shape index (κ2) is 6.14. The van der Waals surface area contributed by atoms with Gasteiger partial charge in [0.05, 0.1) is 0 Å². The molecule has 0 unspecified atom stereocenters. The Labute approximate surface area is 112 Å². The zero-order chi connectivity index (χ0) is 13.9. The van der Waals surface area contributed by atoms with E-state index < -0.39 is 24.8 Å². The summed E-state index contributed by atoms with van der Waals surface area (Å²) in [4.78, 5) is 0. The van der Waals surface area contributed by atoms with Crippen molar-refractivity contribution in [1.29, 1.82) is 0 Å². The highest BCUT2D eigenvalue weighted by Crippen LogP contribution is 2.22. The summed E-state index contributed by atoms with van der Waals surface area (Å²) in [6, 6.07) is 1.27. The molecule has 104 valence electrons. The SMILES string of the molecule is CCO[Si](C)(C)CCN([Si](C)(C)C)[Si](C)(C)C. The van der Waals surface area contributed by atoms with Gasteiger partial charge in [-0.2, -0.15) is 0 Å². The summed E-state index contributed by atoms with van der Waals surface area (Å²) in [6.07, 6.45) is 0. The van der Waals surface area contributed by atoms with Crippen LogP contribution in [-0.4, -0.2) is 42.2 Å². The van der Waals surface area contributed by atoms with Crippen molar-refractivity contribution in [3.05, 3.63) is 0 Å². The van der Waals surface area contributed by atoms with Crippen LogP contribution < -0.4 is 0 Å². The smallest absolute Gasteiger partial charge is 0.187 e. The lowest BCUT2D eigenvalue weighted by atomic mass is 10.8. The van der Waals surface area contributed by atoms with Crippen molar-refractivity contribution >= 4 is 24.8 Å². The zero-order valence-electron chi connectivity index (χ0n) is 13.5. The molecule has 0 aliphatic rings. The summed E-state index contributed by atoms with van der Waals surface area (Å²) in [5.74, 6) is 0. The molecule has 0 saturated heterocycles. The first-order chi connectivity index (χ1) is 7.40. The molecule has 0 aliphatic heterocycles. The largest absolute Gasteiger partial charge is 0.418 e. The van der Waals surface area contributed by atoms with Gasteiger partial charge in [-0.1, -0.05) is 39.3 Å². The highest BCUT2D eigenvalue weighted by atomic mass is 28.4. The lowest BCUT2D eigenvalue weighted by Gasteiger charge is -2.44. The number of nitrogens with zero attached hydrogens (tertiary/aromatic N) is 1. The van der Waals surface area contributed by atoms with Crippen LogP contribution in [0.1, 0.15) is 6.92 Å². The fourth-order valence-corrected chi connectivity index (χ4v) is 14.3. The van der Waals surface area contributed by atoms with Crippen molar-refractivity contribution < 1.29 is 4.43 Å². The van der Waals surface area contributed by atoms with E-state index in [2.05, 4.69) is 63.5 Å². The average molecular weight is 292 g/mol. The first-order valence-electron chi connectivity index (χ1n) is 6.82. The van der Waals surface area contributed by atoms with Gasteiger partial charge in [-0.05, 0) is 32.6 Å². The van der Waals surface area contributed by atoms with E-state index >= 15 is 0 Å². The van der Waals surface area contributed by atoms with Crippen molar-refractivity contribution in [3.8, 4) is 0 Å². The Morgan fingerprint density at radius 2 is 1.24 bits per heavy atom. The Hall–Kier alpha value is 0.571. The minimum Gasteiger partial charge on any atom is -0.418 e. The van der Waals surface area contributed by atoms with Gasteiger partial charge in [-0.15, -0.1) is 0 Å². The minimum atomic E-state index is -1.42. The zero-order valence-corrected chi connectivity index (χ0v) is 16.5. The summed E-state index contributed by atoms with van der Waals surface area (Å²) in [5, 5.41) is 0. The average Bonchev–Trinajstić information content (AvgIpc) is 1.97. The predicted molar refractivity (Wildman–Crippen MR) is 87.3 cm³/mol. The highest BCUT2D eigenvalue weighted by molar-refractivity contribution is 6.89. The van der Waals surface area contributed by atoms with Gasteiger partial charge in [0.1, 0.15) is 16.5 Å². The van der Waals surface area contributed by atoms with Gasteiger partial charge < -0.3 is 8.66 Å². The van der Waals surface area contributed by atoms with Gasteiger partial charge in [-0.3, -0.25) is 0 Å². The van der Waals surface area contributed by atoms with Gasteiger partial charge in [-0.25, -0.2) is 0 Å². The lowest BCUT2D eigenvalue weighted by molar-refractivity contribution is 0.327. The van der Waals surface area contributed by atoms with E-state index in [9.17, 15) is 0 Å². The van der Waals surface area contributed by atoms with Crippen molar-refractivity contribution in [1.82, 2.24) is 4.23 Å². The van der Waals surface area contributed by atoms with Crippen LogP contribution >= 0.6 is 0 Å². The summed E-state index contributed by atoms with van der Waals surface area (Å²) in [6.45, 7) is 23.8. The van der Waals surface area contributed by atoms with Crippen LogP contribution in [0.4, 0.5) is 0 Å². The molecule has 0 amide bonds. The summed E-state index contributed by atoms with van der Waals surface area (Å²) in [5.41, 5.74) is 0. The van der Waals surface area contributed by atoms with Crippen molar-refractivity contribution in [2.75, 3.05) is 13.2 Å². The van der Waals surface area contributed by atoms with E-state index in [-0.39, 0.29) is 0 Å². The lowest BCUT2D eigenvalue weighted by Crippen LogP contribution is -2.60. The molecule has 0 aromatic rings. The predicted octanol–water partition coefficient (Wildman–Crippen LogP) is 4.20. The van der Waals surface area contributed by atoms with Crippen molar-refractivity contribution in [3.63, 3.8) is 0 Å². The molecule has 0 heterocycles. The first-order valence-corrected chi connectivity index (χ1v) is 16.8. The molecule has 0 aromatic carbocycles. The van der Waals surface area contributed by atoms with E-state index in [1.807, 2.05) is 0 Å². The molecule has 0 bridgehead atoms. The Balaban J connectivity index is 4.59. The van der Waals surface area contributed by atoms with Gasteiger partial charge in [0.25, 0.3) is 0 Å². The molecule has 5 heteroatoms.